The maximum absolute atomic E-state index is 12.6. The molecule has 0 aliphatic carbocycles. The van der Waals surface area contributed by atoms with E-state index in [0.717, 1.165) is 70.9 Å². The van der Waals surface area contributed by atoms with Crippen molar-refractivity contribution < 1.29 is 14.7 Å². The molecular weight excluding hydrogens is 474 g/mol. The zero-order valence-electron chi connectivity index (χ0n) is 20.9. The van der Waals surface area contributed by atoms with E-state index in [1.54, 1.807) is 0 Å². The summed E-state index contributed by atoms with van der Waals surface area (Å²) in [7, 11) is 0. The van der Waals surface area contributed by atoms with Gasteiger partial charge in [-0.3, -0.25) is 9.59 Å². The fraction of sp³-hybridized carbons (Fsp3) is 0.370. The van der Waals surface area contributed by atoms with Gasteiger partial charge in [0, 0.05) is 29.9 Å². The second kappa shape index (κ2) is 11.6. The van der Waals surface area contributed by atoms with E-state index in [1.807, 2.05) is 33.0 Å². The maximum atomic E-state index is 12.6. The monoisotopic (exact) mass is 507 g/mol. The number of aromatic amines is 1. The number of pyridine rings is 1. The Balaban J connectivity index is 1.29. The predicted octanol–water partition coefficient (Wildman–Crippen LogP) is 3.96. The van der Waals surface area contributed by atoms with Crippen molar-refractivity contribution in [3.8, 4) is 0 Å². The van der Waals surface area contributed by atoms with Gasteiger partial charge in [-0.05, 0) is 92.8 Å². The van der Waals surface area contributed by atoms with Gasteiger partial charge in [-0.25, -0.2) is 9.71 Å². The van der Waals surface area contributed by atoms with Crippen LogP contribution in [0.25, 0.3) is 0 Å². The van der Waals surface area contributed by atoms with Crippen LogP contribution in [0, 0.1) is 20.8 Å². The van der Waals surface area contributed by atoms with Crippen LogP contribution in [0.4, 0.5) is 5.82 Å². The number of fused-ring (bicyclic) bond motifs is 1. The Hall–Kier alpha value is -3.30. The molecule has 2 aromatic heterocycles. The Labute approximate surface area is 215 Å². The van der Waals surface area contributed by atoms with Crippen molar-refractivity contribution in [3.05, 3.63) is 75.7 Å². The summed E-state index contributed by atoms with van der Waals surface area (Å²) < 4.78 is 2.99. The molecule has 0 radical (unpaired) electrons. The topological polar surface area (TPSA) is 119 Å². The molecular formula is C27H33N5O3S. The van der Waals surface area contributed by atoms with Crippen LogP contribution < -0.4 is 15.4 Å². The van der Waals surface area contributed by atoms with Crippen molar-refractivity contribution in [2.24, 2.45) is 0 Å². The molecule has 0 fully saturated rings. The van der Waals surface area contributed by atoms with Crippen molar-refractivity contribution >= 4 is 29.6 Å². The Morgan fingerprint density at radius 1 is 1.14 bits per heavy atom. The number of amides is 1. The van der Waals surface area contributed by atoms with E-state index in [9.17, 15) is 14.7 Å². The van der Waals surface area contributed by atoms with Crippen molar-refractivity contribution in [1.82, 2.24) is 20.0 Å². The highest BCUT2D eigenvalue weighted by Crippen LogP contribution is 2.26. The predicted molar refractivity (Wildman–Crippen MR) is 143 cm³/mol. The van der Waals surface area contributed by atoms with E-state index in [2.05, 4.69) is 44.6 Å². The number of aryl methyl sites for hydroxylation is 6. The molecule has 1 amide bonds. The lowest BCUT2D eigenvalue weighted by molar-refractivity contribution is -0.138. The second-order valence-corrected chi connectivity index (χ2v) is 10.2. The number of benzene rings is 1. The minimum absolute atomic E-state index is 0.0362. The summed E-state index contributed by atoms with van der Waals surface area (Å²) in [4.78, 5) is 33.1. The van der Waals surface area contributed by atoms with Crippen molar-refractivity contribution in [2.45, 2.75) is 57.4 Å². The highest BCUT2D eigenvalue weighted by atomic mass is 32.2. The Kier molecular flexibility index (Phi) is 8.32. The van der Waals surface area contributed by atoms with Gasteiger partial charge in [0.1, 0.15) is 17.6 Å². The average molecular weight is 508 g/mol. The quantitative estimate of drug-likeness (QED) is 0.264. The number of hydrogen-bond acceptors (Lipinski definition) is 6. The largest absolute Gasteiger partial charge is 0.480 e. The third-order valence-corrected chi connectivity index (χ3v) is 7.53. The Bertz CT molecular complexity index is 1230. The number of carbonyl (C=O) groups excluding carboxylic acids is 1. The molecule has 1 unspecified atom stereocenters. The highest BCUT2D eigenvalue weighted by molar-refractivity contribution is 7.97. The molecule has 0 spiro atoms. The van der Waals surface area contributed by atoms with Crippen LogP contribution in [0.2, 0.25) is 0 Å². The fourth-order valence-electron chi connectivity index (χ4n) is 4.42. The van der Waals surface area contributed by atoms with E-state index in [0.29, 0.717) is 5.69 Å². The van der Waals surface area contributed by atoms with Gasteiger partial charge in [-0.1, -0.05) is 23.8 Å². The number of nitrogens with one attached hydrogen (secondary N) is 4. The summed E-state index contributed by atoms with van der Waals surface area (Å²) >= 11 is 1.28. The third kappa shape index (κ3) is 6.47. The van der Waals surface area contributed by atoms with Gasteiger partial charge in [0.15, 0.2) is 0 Å². The van der Waals surface area contributed by atoms with Gasteiger partial charge in [0.2, 0.25) is 0 Å². The molecule has 1 aliphatic heterocycles. The zero-order valence-corrected chi connectivity index (χ0v) is 21.7. The summed E-state index contributed by atoms with van der Waals surface area (Å²) in [5, 5.41) is 15.7. The molecule has 190 valence electrons. The molecule has 0 saturated heterocycles. The lowest BCUT2D eigenvalue weighted by Gasteiger charge is -2.17. The standard InChI is InChI=1S/C27H33N5O3S/c1-16-11-17(2)24(18(3)12-16)36-32-23(27(34)35)15-30-26(33)22-13-19(14-29-22)6-8-21-9-7-20-5-4-10-28-25(20)31-21/h7,9,11-14,23,29,32H,4-6,8,10,15H2,1-3H3,(H,28,31)(H,30,33)(H,34,35). The number of nitrogens with zero attached hydrogens (tertiary/aromatic N) is 1. The number of aromatic nitrogens is 2. The molecule has 3 aromatic rings. The van der Waals surface area contributed by atoms with Gasteiger partial charge in [0.25, 0.3) is 5.91 Å². The van der Waals surface area contributed by atoms with Gasteiger partial charge >= 0.3 is 5.97 Å². The Morgan fingerprint density at radius 2 is 1.92 bits per heavy atom. The first kappa shape index (κ1) is 25.8. The molecule has 1 aromatic carbocycles. The van der Waals surface area contributed by atoms with Crippen LogP contribution in [-0.4, -0.2) is 46.1 Å². The summed E-state index contributed by atoms with van der Waals surface area (Å²) in [6.07, 6.45) is 5.54. The number of H-pyrrole nitrogens is 1. The van der Waals surface area contributed by atoms with E-state index in [4.69, 9.17) is 4.98 Å². The third-order valence-electron chi connectivity index (χ3n) is 6.28. The lowest BCUT2D eigenvalue weighted by atomic mass is 10.1. The van der Waals surface area contributed by atoms with E-state index >= 15 is 0 Å². The van der Waals surface area contributed by atoms with E-state index in [-0.39, 0.29) is 12.5 Å². The number of carboxylic acids is 1. The second-order valence-electron chi connectivity index (χ2n) is 9.31. The SMILES string of the molecule is Cc1cc(C)c(SNC(CNC(=O)c2cc(CCc3ccc4c(n3)NCCC4)c[nH]2)C(=O)O)c(C)c1. The smallest absolute Gasteiger partial charge is 0.323 e. The van der Waals surface area contributed by atoms with Crippen LogP contribution in [-0.2, 0) is 24.1 Å². The first-order valence-electron chi connectivity index (χ1n) is 12.2. The summed E-state index contributed by atoms with van der Waals surface area (Å²) in [5.41, 5.74) is 7.02. The minimum Gasteiger partial charge on any atom is -0.480 e. The molecule has 3 heterocycles. The number of aliphatic carboxylic acids is 1. The van der Waals surface area contributed by atoms with Crippen molar-refractivity contribution in [2.75, 3.05) is 18.4 Å². The van der Waals surface area contributed by atoms with Crippen LogP contribution in [0.15, 0.2) is 41.4 Å². The van der Waals surface area contributed by atoms with Gasteiger partial charge in [0.05, 0.1) is 0 Å². The molecule has 5 N–H and O–H groups in total. The normalized spacial score (nSPS) is 13.5. The van der Waals surface area contributed by atoms with Crippen LogP contribution >= 0.6 is 11.9 Å². The number of carbonyl (C=O) groups is 2. The maximum Gasteiger partial charge on any atom is 0.323 e. The molecule has 1 aliphatic rings. The zero-order chi connectivity index (χ0) is 25.7. The summed E-state index contributed by atoms with van der Waals surface area (Å²) in [6, 6.07) is 9.22. The number of hydrogen-bond donors (Lipinski definition) is 5. The number of carboxylic acid groups (broad SMARTS) is 1. The first-order chi connectivity index (χ1) is 17.3. The molecule has 8 nitrogen and oxygen atoms in total. The Morgan fingerprint density at radius 3 is 2.67 bits per heavy atom. The van der Waals surface area contributed by atoms with E-state index < -0.39 is 12.0 Å². The minimum atomic E-state index is -1.02. The van der Waals surface area contributed by atoms with Crippen LogP contribution in [0.1, 0.15) is 50.4 Å². The number of rotatable bonds is 10. The van der Waals surface area contributed by atoms with Gasteiger partial charge in [-0.15, -0.1) is 0 Å². The molecule has 36 heavy (non-hydrogen) atoms. The molecule has 0 saturated carbocycles. The fourth-order valence-corrected chi connectivity index (χ4v) is 5.31. The molecule has 1 atom stereocenters. The highest BCUT2D eigenvalue weighted by Gasteiger charge is 2.20. The molecule has 0 bridgehead atoms. The van der Waals surface area contributed by atoms with Gasteiger partial charge < -0.3 is 20.7 Å². The molecule has 9 heteroatoms. The van der Waals surface area contributed by atoms with Crippen LogP contribution in [0.3, 0.4) is 0 Å². The number of anilines is 1. The van der Waals surface area contributed by atoms with Crippen molar-refractivity contribution in [3.63, 3.8) is 0 Å². The van der Waals surface area contributed by atoms with Crippen molar-refractivity contribution in [1.29, 1.82) is 0 Å². The summed E-state index contributed by atoms with van der Waals surface area (Å²) in [5.74, 6) is -0.372. The summed E-state index contributed by atoms with van der Waals surface area (Å²) in [6.45, 7) is 6.96. The molecule has 4 rings (SSSR count). The lowest BCUT2D eigenvalue weighted by Crippen LogP contribution is -2.43. The van der Waals surface area contributed by atoms with E-state index in [1.165, 1.54) is 17.5 Å². The average Bonchev–Trinajstić information content (AvgIpc) is 3.32. The van der Waals surface area contributed by atoms with Crippen LogP contribution in [0.5, 0.6) is 0 Å². The van der Waals surface area contributed by atoms with Gasteiger partial charge in [-0.2, -0.15) is 0 Å². The first-order valence-corrected chi connectivity index (χ1v) is 13.0.